The van der Waals surface area contributed by atoms with Crippen LogP contribution in [0.4, 0.5) is 11.6 Å². The van der Waals surface area contributed by atoms with E-state index >= 15 is 0 Å². The van der Waals surface area contributed by atoms with Gasteiger partial charge in [0.1, 0.15) is 5.69 Å². The number of hydrogen-bond acceptors (Lipinski definition) is 5. The van der Waals surface area contributed by atoms with Crippen LogP contribution in [0.1, 0.15) is 17.4 Å². The Labute approximate surface area is 160 Å². The molecule has 1 saturated heterocycles. The van der Waals surface area contributed by atoms with Gasteiger partial charge in [-0.25, -0.2) is 9.97 Å². The topological polar surface area (TPSA) is 78.4 Å². The van der Waals surface area contributed by atoms with E-state index in [1.807, 2.05) is 4.90 Å². The van der Waals surface area contributed by atoms with Gasteiger partial charge in [-0.2, -0.15) is 0 Å². The van der Waals surface area contributed by atoms with Crippen LogP contribution in [-0.2, 0) is 4.79 Å². The van der Waals surface area contributed by atoms with Crippen LogP contribution in [0, 0.1) is 0 Å². The van der Waals surface area contributed by atoms with E-state index in [0.717, 1.165) is 0 Å². The quantitative estimate of drug-likeness (QED) is 0.866. The fourth-order valence-electron chi connectivity index (χ4n) is 2.63. The summed E-state index contributed by atoms with van der Waals surface area (Å²) in [5.74, 6) is 0.127. The highest BCUT2D eigenvalue weighted by Crippen LogP contribution is 2.25. The normalized spacial score (nSPS) is 14.3. The van der Waals surface area contributed by atoms with Gasteiger partial charge in [-0.3, -0.25) is 9.59 Å². The lowest BCUT2D eigenvalue weighted by molar-refractivity contribution is -0.129. The Morgan fingerprint density at radius 1 is 1.12 bits per heavy atom. The molecule has 0 bridgehead atoms. The Kier molecular flexibility index (Phi) is 5.58. The second-order valence-electron chi connectivity index (χ2n) is 5.81. The zero-order chi connectivity index (χ0) is 18.7. The monoisotopic (exact) mass is 393 g/mol. The van der Waals surface area contributed by atoms with Gasteiger partial charge in [-0.15, -0.1) is 0 Å². The molecule has 2 heterocycles. The van der Waals surface area contributed by atoms with Crippen LogP contribution in [0.2, 0.25) is 10.0 Å². The molecule has 3 rings (SSSR count). The van der Waals surface area contributed by atoms with E-state index in [2.05, 4.69) is 15.3 Å². The number of hydrogen-bond donors (Lipinski definition) is 1. The molecule has 0 radical (unpaired) electrons. The number of halogens is 2. The van der Waals surface area contributed by atoms with Crippen LogP contribution in [0.15, 0.2) is 30.5 Å². The van der Waals surface area contributed by atoms with Crippen molar-refractivity contribution in [1.29, 1.82) is 0 Å². The largest absolute Gasteiger partial charge is 0.339 e. The number of amides is 2. The first-order valence-electron chi connectivity index (χ1n) is 8.04. The molecule has 1 aliphatic rings. The van der Waals surface area contributed by atoms with Crippen molar-refractivity contribution in [3.63, 3.8) is 0 Å². The third kappa shape index (κ3) is 4.23. The molecule has 0 saturated carbocycles. The number of carbonyl (C=O) groups excluding carboxylic acids is 2. The predicted octanol–water partition coefficient (Wildman–Crippen LogP) is 2.70. The number of rotatable bonds is 3. The van der Waals surface area contributed by atoms with E-state index in [4.69, 9.17) is 23.2 Å². The summed E-state index contributed by atoms with van der Waals surface area (Å²) in [5, 5.41) is 3.55. The molecule has 1 fully saturated rings. The highest BCUT2D eigenvalue weighted by Gasteiger charge is 2.21. The molecule has 0 aliphatic carbocycles. The standard InChI is InChI=1S/C17H17Cl2N5O2/c1-11(25)23-6-8-24(9-7-23)17-20-5-4-15(22-17)16(26)21-14-3-2-12(18)10-13(14)19/h2-5,10H,6-9H2,1H3,(H,21,26). The van der Waals surface area contributed by atoms with Gasteiger partial charge < -0.3 is 15.1 Å². The van der Waals surface area contributed by atoms with Gasteiger partial charge >= 0.3 is 0 Å². The van der Waals surface area contributed by atoms with Crippen LogP contribution in [0.3, 0.4) is 0 Å². The summed E-state index contributed by atoms with van der Waals surface area (Å²) >= 11 is 11.9. The van der Waals surface area contributed by atoms with Crippen molar-refractivity contribution in [3.05, 3.63) is 46.2 Å². The van der Waals surface area contributed by atoms with Crippen LogP contribution in [-0.4, -0.2) is 52.9 Å². The fraction of sp³-hybridized carbons (Fsp3) is 0.294. The van der Waals surface area contributed by atoms with E-state index in [1.54, 1.807) is 30.0 Å². The molecule has 2 aromatic rings. The zero-order valence-corrected chi connectivity index (χ0v) is 15.6. The molecule has 1 aromatic carbocycles. The van der Waals surface area contributed by atoms with E-state index < -0.39 is 0 Å². The number of carbonyl (C=O) groups is 2. The Morgan fingerprint density at radius 2 is 1.85 bits per heavy atom. The first kappa shape index (κ1) is 18.4. The summed E-state index contributed by atoms with van der Waals surface area (Å²) in [4.78, 5) is 36.2. The molecule has 26 heavy (non-hydrogen) atoms. The van der Waals surface area contributed by atoms with Gasteiger partial charge in [0.25, 0.3) is 5.91 Å². The number of nitrogens with one attached hydrogen (secondary N) is 1. The second-order valence-corrected chi connectivity index (χ2v) is 6.66. The molecule has 0 atom stereocenters. The average Bonchev–Trinajstić information content (AvgIpc) is 2.64. The molecular weight excluding hydrogens is 377 g/mol. The second kappa shape index (κ2) is 7.88. The minimum Gasteiger partial charge on any atom is -0.339 e. The lowest BCUT2D eigenvalue weighted by Gasteiger charge is -2.34. The van der Waals surface area contributed by atoms with Gasteiger partial charge in [0.15, 0.2) is 0 Å². The third-order valence-corrected chi connectivity index (χ3v) is 4.61. The number of aromatic nitrogens is 2. The molecule has 2 amide bonds. The van der Waals surface area contributed by atoms with E-state index in [1.165, 1.54) is 12.3 Å². The van der Waals surface area contributed by atoms with Crippen LogP contribution < -0.4 is 10.2 Å². The molecule has 7 nitrogen and oxygen atoms in total. The van der Waals surface area contributed by atoms with Crippen LogP contribution in [0.5, 0.6) is 0 Å². The first-order chi connectivity index (χ1) is 12.4. The average molecular weight is 394 g/mol. The van der Waals surface area contributed by atoms with Crippen molar-refractivity contribution in [3.8, 4) is 0 Å². The number of nitrogens with zero attached hydrogens (tertiary/aromatic N) is 4. The molecule has 1 aromatic heterocycles. The number of anilines is 2. The van der Waals surface area contributed by atoms with Gasteiger partial charge in [-0.1, -0.05) is 23.2 Å². The van der Waals surface area contributed by atoms with Crippen molar-refractivity contribution in [1.82, 2.24) is 14.9 Å². The molecule has 1 aliphatic heterocycles. The third-order valence-electron chi connectivity index (χ3n) is 4.06. The number of piperazine rings is 1. The minimum absolute atomic E-state index is 0.0542. The fourth-order valence-corrected chi connectivity index (χ4v) is 3.08. The van der Waals surface area contributed by atoms with Crippen molar-refractivity contribution in [2.45, 2.75) is 6.92 Å². The van der Waals surface area contributed by atoms with Crippen LogP contribution in [0.25, 0.3) is 0 Å². The number of benzene rings is 1. The first-order valence-corrected chi connectivity index (χ1v) is 8.79. The van der Waals surface area contributed by atoms with Crippen molar-refractivity contribution in [2.75, 3.05) is 36.4 Å². The van der Waals surface area contributed by atoms with Gasteiger partial charge in [-0.05, 0) is 24.3 Å². The maximum atomic E-state index is 12.5. The lowest BCUT2D eigenvalue weighted by Crippen LogP contribution is -2.48. The maximum absolute atomic E-state index is 12.5. The SMILES string of the molecule is CC(=O)N1CCN(c2nccc(C(=O)Nc3ccc(Cl)cc3Cl)n2)CC1. The molecule has 136 valence electrons. The molecule has 0 spiro atoms. The predicted molar refractivity (Wildman–Crippen MR) is 101 cm³/mol. The summed E-state index contributed by atoms with van der Waals surface area (Å²) in [6.45, 7) is 4.01. The van der Waals surface area contributed by atoms with Gasteiger partial charge in [0, 0.05) is 44.3 Å². The molecule has 0 unspecified atom stereocenters. The molecule has 1 N–H and O–H groups in total. The van der Waals surface area contributed by atoms with Crippen LogP contribution >= 0.6 is 23.2 Å². The highest BCUT2D eigenvalue weighted by molar-refractivity contribution is 6.36. The summed E-state index contributed by atoms with van der Waals surface area (Å²) in [7, 11) is 0. The lowest BCUT2D eigenvalue weighted by atomic mass is 10.3. The van der Waals surface area contributed by atoms with E-state index in [9.17, 15) is 9.59 Å². The summed E-state index contributed by atoms with van der Waals surface area (Å²) < 4.78 is 0. The Bertz CT molecular complexity index is 838. The maximum Gasteiger partial charge on any atom is 0.274 e. The Morgan fingerprint density at radius 3 is 2.50 bits per heavy atom. The van der Waals surface area contributed by atoms with Crippen molar-refractivity contribution >= 4 is 46.7 Å². The van der Waals surface area contributed by atoms with Gasteiger partial charge in [0.2, 0.25) is 11.9 Å². The van der Waals surface area contributed by atoms with Crippen molar-refractivity contribution < 1.29 is 9.59 Å². The van der Waals surface area contributed by atoms with Gasteiger partial charge in [0.05, 0.1) is 10.7 Å². The smallest absolute Gasteiger partial charge is 0.274 e. The van der Waals surface area contributed by atoms with Crippen molar-refractivity contribution in [2.24, 2.45) is 0 Å². The summed E-state index contributed by atoms with van der Waals surface area (Å²) in [5.41, 5.74) is 0.686. The zero-order valence-electron chi connectivity index (χ0n) is 14.1. The van der Waals surface area contributed by atoms with E-state index in [0.29, 0.717) is 47.9 Å². The Hall–Kier alpha value is -2.38. The summed E-state index contributed by atoms with van der Waals surface area (Å²) in [6.07, 6.45) is 1.54. The van der Waals surface area contributed by atoms with E-state index in [-0.39, 0.29) is 17.5 Å². The molecule has 9 heteroatoms. The highest BCUT2D eigenvalue weighted by atomic mass is 35.5. The minimum atomic E-state index is -0.389. The molecular formula is C17H17Cl2N5O2. The summed E-state index contributed by atoms with van der Waals surface area (Å²) in [6, 6.07) is 6.36. The Balaban J connectivity index is 1.71.